The maximum absolute atomic E-state index is 12.2. The molecule has 7 nitrogen and oxygen atoms in total. The fraction of sp³-hybridized carbons (Fsp3) is 0.500. The van der Waals surface area contributed by atoms with Crippen molar-refractivity contribution in [2.45, 2.75) is 24.9 Å². The number of fused-ring (bicyclic) bond motifs is 1. The summed E-state index contributed by atoms with van der Waals surface area (Å²) in [6.07, 6.45) is 4.95. The van der Waals surface area contributed by atoms with Crippen LogP contribution < -0.4 is 16.2 Å². The number of nitrogens with zero attached hydrogens (tertiary/aromatic N) is 2. The highest BCUT2D eigenvalue weighted by Gasteiger charge is 2.28. The van der Waals surface area contributed by atoms with E-state index in [9.17, 15) is 14.7 Å². The summed E-state index contributed by atoms with van der Waals surface area (Å²) in [6, 6.07) is 0. The van der Waals surface area contributed by atoms with E-state index in [-0.39, 0.29) is 12.1 Å². The number of carbonyl (C=O) groups is 1. The Balaban J connectivity index is 1.73. The van der Waals surface area contributed by atoms with Gasteiger partial charge in [-0.25, -0.2) is 4.98 Å². The van der Waals surface area contributed by atoms with E-state index in [1.807, 2.05) is 0 Å². The quantitative estimate of drug-likeness (QED) is 0.739. The third-order valence-corrected chi connectivity index (χ3v) is 4.70. The van der Waals surface area contributed by atoms with Crippen molar-refractivity contribution in [2.24, 2.45) is 0 Å². The van der Waals surface area contributed by atoms with Crippen molar-refractivity contribution in [3.05, 3.63) is 33.7 Å². The summed E-state index contributed by atoms with van der Waals surface area (Å²) < 4.78 is 1.35. The average molecular weight is 322 g/mol. The summed E-state index contributed by atoms with van der Waals surface area (Å²) in [5.74, 6) is -0.497. The van der Waals surface area contributed by atoms with Crippen molar-refractivity contribution in [2.75, 3.05) is 19.6 Å². The maximum Gasteiger partial charge on any atom is 0.271 e. The molecule has 3 rings (SSSR count). The van der Waals surface area contributed by atoms with E-state index < -0.39 is 17.1 Å². The molecule has 0 radical (unpaired) electrons. The summed E-state index contributed by atoms with van der Waals surface area (Å²) >= 11 is 1.33. The lowest BCUT2D eigenvalue weighted by molar-refractivity contribution is 0.0275. The molecule has 2 aromatic rings. The van der Waals surface area contributed by atoms with Crippen molar-refractivity contribution in [1.29, 1.82) is 0 Å². The first-order valence-corrected chi connectivity index (χ1v) is 8.13. The molecule has 1 unspecified atom stereocenters. The molecule has 118 valence electrons. The van der Waals surface area contributed by atoms with Gasteiger partial charge in [0.2, 0.25) is 0 Å². The van der Waals surface area contributed by atoms with Gasteiger partial charge in [0.25, 0.3) is 11.5 Å². The molecule has 0 spiro atoms. The number of hydrogen-bond donors (Lipinski definition) is 3. The molecule has 1 fully saturated rings. The molecule has 1 aliphatic rings. The van der Waals surface area contributed by atoms with Crippen molar-refractivity contribution in [3.8, 4) is 0 Å². The van der Waals surface area contributed by atoms with Crippen LogP contribution in [0, 0.1) is 0 Å². The molecule has 0 aromatic carbocycles. The van der Waals surface area contributed by atoms with Gasteiger partial charge in [0.15, 0.2) is 4.96 Å². The molecule has 8 heteroatoms. The van der Waals surface area contributed by atoms with E-state index >= 15 is 0 Å². The lowest BCUT2D eigenvalue weighted by Crippen LogP contribution is -2.44. The summed E-state index contributed by atoms with van der Waals surface area (Å²) in [4.78, 5) is 29.1. The number of aliphatic hydroxyl groups is 1. The second-order valence-corrected chi connectivity index (χ2v) is 6.42. The zero-order chi connectivity index (χ0) is 15.6. The van der Waals surface area contributed by atoms with Crippen molar-refractivity contribution >= 4 is 22.2 Å². The molecule has 0 bridgehead atoms. The zero-order valence-corrected chi connectivity index (χ0v) is 12.9. The number of carbonyl (C=O) groups excluding carboxylic acids is 1. The summed E-state index contributed by atoms with van der Waals surface area (Å²) in [5.41, 5.74) is -1.32. The van der Waals surface area contributed by atoms with Gasteiger partial charge in [-0.2, -0.15) is 0 Å². The number of amides is 1. The van der Waals surface area contributed by atoms with Crippen molar-refractivity contribution in [1.82, 2.24) is 20.0 Å². The first-order chi connectivity index (χ1) is 10.6. The molecule has 2 aromatic heterocycles. The van der Waals surface area contributed by atoms with Crippen LogP contribution in [-0.4, -0.2) is 45.6 Å². The normalized spacial score (nSPS) is 22.4. The van der Waals surface area contributed by atoms with Crippen LogP contribution in [0.1, 0.15) is 29.6 Å². The van der Waals surface area contributed by atoms with Gasteiger partial charge in [-0.3, -0.25) is 14.0 Å². The van der Waals surface area contributed by atoms with Gasteiger partial charge in [-0.1, -0.05) is 0 Å². The highest BCUT2D eigenvalue weighted by molar-refractivity contribution is 7.15. The molecular weight excluding hydrogens is 304 g/mol. The largest absolute Gasteiger partial charge is 0.388 e. The Morgan fingerprint density at radius 3 is 3.23 bits per heavy atom. The predicted octanol–water partition coefficient (Wildman–Crippen LogP) is -0.00960. The van der Waals surface area contributed by atoms with Crippen molar-refractivity contribution < 1.29 is 9.90 Å². The zero-order valence-electron chi connectivity index (χ0n) is 12.0. The minimum absolute atomic E-state index is 0.00810. The first-order valence-electron chi connectivity index (χ1n) is 7.25. The second-order valence-electron chi connectivity index (χ2n) is 5.54. The van der Waals surface area contributed by atoms with Gasteiger partial charge in [0.1, 0.15) is 5.56 Å². The van der Waals surface area contributed by atoms with Gasteiger partial charge in [0.05, 0.1) is 5.60 Å². The second kappa shape index (κ2) is 6.15. The minimum atomic E-state index is -0.921. The lowest BCUT2D eigenvalue weighted by atomic mass is 9.95. The van der Waals surface area contributed by atoms with Gasteiger partial charge in [-0.15, -0.1) is 11.3 Å². The lowest BCUT2D eigenvalue weighted by Gasteiger charge is -2.26. The topological polar surface area (TPSA) is 95.7 Å². The molecule has 1 aliphatic heterocycles. The fourth-order valence-corrected chi connectivity index (χ4v) is 3.29. The highest BCUT2D eigenvalue weighted by Crippen LogP contribution is 2.18. The van der Waals surface area contributed by atoms with Crippen LogP contribution in [0.3, 0.4) is 0 Å². The molecule has 1 amide bonds. The monoisotopic (exact) mass is 322 g/mol. The number of aromatic nitrogens is 2. The van der Waals surface area contributed by atoms with Crippen LogP contribution in [0.15, 0.2) is 22.6 Å². The summed E-state index contributed by atoms with van der Waals surface area (Å²) in [6.45, 7) is 1.73. The average Bonchev–Trinajstić information content (AvgIpc) is 2.88. The van der Waals surface area contributed by atoms with Gasteiger partial charge >= 0.3 is 0 Å². The molecule has 0 aliphatic carbocycles. The Kier molecular flexibility index (Phi) is 4.23. The molecule has 1 atom stereocenters. The molecule has 3 N–H and O–H groups in total. The van der Waals surface area contributed by atoms with E-state index in [0.29, 0.717) is 17.8 Å². The highest BCUT2D eigenvalue weighted by atomic mass is 32.1. The molecular formula is C14H18N4O3S. The first kappa shape index (κ1) is 15.1. The number of hydrogen-bond acceptors (Lipinski definition) is 6. The Morgan fingerprint density at radius 2 is 2.36 bits per heavy atom. The third kappa shape index (κ3) is 3.03. The van der Waals surface area contributed by atoms with Crippen LogP contribution in [0.2, 0.25) is 0 Å². The molecule has 1 saturated heterocycles. The Morgan fingerprint density at radius 1 is 1.50 bits per heavy atom. The minimum Gasteiger partial charge on any atom is -0.388 e. The van der Waals surface area contributed by atoms with Crippen LogP contribution in [0.4, 0.5) is 0 Å². The summed E-state index contributed by atoms with van der Waals surface area (Å²) in [5, 5.41) is 18.1. The Hall–Kier alpha value is -1.77. The van der Waals surface area contributed by atoms with Crippen molar-refractivity contribution in [3.63, 3.8) is 0 Å². The number of thiazole rings is 1. The van der Waals surface area contributed by atoms with Crippen LogP contribution in [0.5, 0.6) is 0 Å². The van der Waals surface area contributed by atoms with E-state index in [1.54, 1.807) is 11.6 Å². The van der Waals surface area contributed by atoms with Crippen LogP contribution in [0.25, 0.3) is 4.96 Å². The molecule has 22 heavy (non-hydrogen) atoms. The SMILES string of the molecule is O=C(NCC1(O)CCCNCC1)c1cnc2sccn2c1=O. The fourth-order valence-electron chi connectivity index (χ4n) is 2.61. The maximum atomic E-state index is 12.2. The number of rotatable bonds is 3. The summed E-state index contributed by atoms with van der Waals surface area (Å²) in [7, 11) is 0. The van der Waals surface area contributed by atoms with Gasteiger partial charge in [0, 0.05) is 24.3 Å². The van der Waals surface area contributed by atoms with E-state index in [1.165, 1.54) is 21.9 Å². The molecule has 3 heterocycles. The third-order valence-electron chi connectivity index (χ3n) is 3.93. The predicted molar refractivity (Wildman–Crippen MR) is 83.3 cm³/mol. The van der Waals surface area contributed by atoms with Gasteiger partial charge in [-0.05, 0) is 32.4 Å². The molecule has 0 saturated carbocycles. The van der Waals surface area contributed by atoms with E-state index in [0.717, 1.165) is 19.5 Å². The van der Waals surface area contributed by atoms with E-state index in [4.69, 9.17) is 0 Å². The van der Waals surface area contributed by atoms with E-state index in [2.05, 4.69) is 15.6 Å². The Labute approximate surface area is 131 Å². The smallest absolute Gasteiger partial charge is 0.271 e. The van der Waals surface area contributed by atoms with Crippen LogP contribution in [-0.2, 0) is 0 Å². The Bertz CT molecular complexity index is 731. The van der Waals surface area contributed by atoms with Gasteiger partial charge < -0.3 is 15.7 Å². The standard InChI is InChI=1S/C14H18N4O3S/c19-11(17-9-14(21)2-1-4-15-5-3-14)10-8-16-13-18(12(10)20)6-7-22-13/h6-8,15,21H,1-5,9H2,(H,17,19). The van der Waals surface area contributed by atoms with Crippen LogP contribution >= 0.6 is 11.3 Å². The number of nitrogens with one attached hydrogen (secondary N) is 2.